The predicted octanol–water partition coefficient (Wildman–Crippen LogP) is 0.996. The fourth-order valence-electron chi connectivity index (χ4n) is 1.18. The molecule has 5 heteroatoms. The van der Waals surface area contributed by atoms with E-state index in [4.69, 9.17) is 5.14 Å². The fourth-order valence-corrected chi connectivity index (χ4v) is 1.65. The minimum Gasteiger partial charge on any atom is -0.216 e. The first kappa shape index (κ1) is 12.9. The van der Waals surface area contributed by atoms with E-state index in [-0.39, 0.29) is 0 Å². The van der Waals surface area contributed by atoms with Gasteiger partial charge in [0.25, 0.3) is 10.2 Å². The number of rotatable bonds is 7. The summed E-state index contributed by atoms with van der Waals surface area (Å²) in [7, 11) is -3.50. The zero-order valence-electron chi connectivity index (χ0n) is 8.41. The first-order valence-corrected chi connectivity index (χ1v) is 6.31. The van der Waals surface area contributed by atoms with E-state index in [1.165, 1.54) is 0 Å². The standard InChI is InChI=1S/C8H20N2O2S/c1-3-5-6-8(4-2)7-10-13(9,11)12/h8,10H,3-7H2,1-2H3,(H2,9,11,12). The van der Waals surface area contributed by atoms with Crippen molar-refractivity contribution >= 4 is 10.2 Å². The second-order valence-electron chi connectivity index (χ2n) is 3.31. The highest BCUT2D eigenvalue weighted by Crippen LogP contribution is 2.11. The molecule has 4 nitrogen and oxygen atoms in total. The maximum absolute atomic E-state index is 10.6. The van der Waals surface area contributed by atoms with Crippen molar-refractivity contribution in [3.63, 3.8) is 0 Å². The van der Waals surface area contributed by atoms with E-state index in [0.29, 0.717) is 12.5 Å². The van der Waals surface area contributed by atoms with Crippen molar-refractivity contribution in [3.8, 4) is 0 Å². The van der Waals surface area contributed by atoms with Crippen LogP contribution in [-0.4, -0.2) is 15.0 Å². The van der Waals surface area contributed by atoms with Crippen LogP contribution in [0.15, 0.2) is 0 Å². The molecular weight excluding hydrogens is 188 g/mol. The Morgan fingerprint density at radius 1 is 1.38 bits per heavy atom. The normalized spacial score (nSPS) is 14.4. The topological polar surface area (TPSA) is 72.2 Å². The Morgan fingerprint density at radius 3 is 2.38 bits per heavy atom. The summed E-state index contributed by atoms with van der Waals surface area (Å²) < 4.78 is 23.5. The highest BCUT2D eigenvalue weighted by molar-refractivity contribution is 7.87. The largest absolute Gasteiger partial charge is 0.274 e. The smallest absolute Gasteiger partial charge is 0.216 e. The summed E-state index contributed by atoms with van der Waals surface area (Å²) in [5.74, 6) is 0.415. The maximum atomic E-state index is 10.6. The van der Waals surface area contributed by atoms with Crippen LogP contribution in [0.1, 0.15) is 39.5 Å². The molecule has 1 unspecified atom stereocenters. The first-order valence-electron chi connectivity index (χ1n) is 4.77. The lowest BCUT2D eigenvalue weighted by Gasteiger charge is -2.13. The van der Waals surface area contributed by atoms with E-state index in [2.05, 4.69) is 18.6 Å². The summed E-state index contributed by atoms with van der Waals surface area (Å²) in [5.41, 5.74) is 0. The van der Waals surface area contributed by atoms with Gasteiger partial charge in [-0.15, -0.1) is 0 Å². The molecule has 0 bridgehead atoms. The second-order valence-corrected chi connectivity index (χ2v) is 4.69. The lowest BCUT2D eigenvalue weighted by molar-refractivity contribution is 0.444. The molecule has 0 aliphatic rings. The molecule has 0 aliphatic heterocycles. The molecule has 0 aromatic carbocycles. The van der Waals surface area contributed by atoms with Crippen LogP contribution in [0.25, 0.3) is 0 Å². The van der Waals surface area contributed by atoms with E-state index in [0.717, 1.165) is 25.7 Å². The highest BCUT2D eigenvalue weighted by atomic mass is 32.2. The minimum atomic E-state index is -3.50. The maximum Gasteiger partial charge on any atom is 0.274 e. The fraction of sp³-hybridized carbons (Fsp3) is 1.00. The third-order valence-electron chi connectivity index (χ3n) is 2.12. The average Bonchev–Trinajstić information content (AvgIpc) is 2.03. The molecule has 13 heavy (non-hydrogen) atoms. The van der Waals surface area contributed by atoms with Crippen molar-refractivity contribution in [3.05, 3.63) is 0 Å². The molecule has 1 atom stereocenters. The Labute approximate surface area is 81.1 Å². The Morgan fingerprint density at radius 2 is 2.00 bits per heavy atom. The molecule has 3 N–H and O–H groups in total. The van der Waals surface area contributed by atoms with Gasteiger partial charge >= 0.3 is 0 Å². The summed E-state index contributed by atoms with van der Waals surface area (Å²) >= 11 is 0. The van der Waals surface area contributed by atoms with E-state index in [1.54, 1.807) is 0 Å². The lowest BCUT2D eigenvalue weighted by atomic mass is 10.00. The summed E-state index contributed by atoms with van der Waals surface area (Å²) in [6.07, 6.45) is 4.34. The van der Waals surface area contributed by atoms with Crippen LogP contribution in [0.3, 0.4) is 0 Å². The van der Waals surface area contributed by atoms with Crippen LogP contribution >= 0.6 is 0 Å². The molecule has 0 saturated heterocycles. The molecule has 0 aliphatic carbocycles. The molecule has 80 valence electrons. The van der Waals surface area contributed by atoms with Crippen LogP contribution in [0.4, 0.5) is 0 Å². The van der Waals surface area contributed by atoms with Gasteiger partial charge in [-0.3, -0.25) is 0 Å². The van der Waals surface area contributed by atoms with Crippen molar-refractivity contribution in [2.75, 3.05) is 6.54 Å². The van der Waals surface area contributed by atoms with Gasteiger partial charge < -0.3 is 0 Å². The van der Waals surface area contributed by atoms with Crippen molar-refractivity contribution in [2.24, 2.45) is 11.1 Å². The summed E-state index contributed by atoms with van der Waals surface area (Å²) in [6.45, 7) is 4.65. The van der Waals surface area contributed by atoms with Crippen molar-refractivity contribution in [1.82, 2.24) is 4.72 Å². The molecule has 0 radical (unpaired) electrons. The van der Waals surface area contributed by atoms with Crippen LogP contribution in [0.5, 0.6) is 0 Å². The predicted molar refractivity (Wildman–Crippen MR) is 54.4 cm³/mol. The number of unbranched alkanes of at least 4 members (excludes halogenated alkanes) is 1. The summed E-state index contributed by atoms with van der Waals surface area (Å²) in [5, 5.41) is 4.83. The zero-order valence-corrected chi connectivity index (χ0v) is 9.23. The van der Waals surface area contributed by atoms with Gasteiger partial charge in [0.2, 0.25) is 0 Å². The van der Waals surface area contributed by atoms with Crippen LogP contribution in [0, 0.1) is 5.92 Å². The number of hydrogen-bond acceptors (Lipinski definition) is 2. The SMILES string of the molecule is CCCCC(CC)CNS(N)(=O)=O. The van der Waals surface area contributed by atoms with Crippen molar-refractivity contribution in [1.29, 1.82) is 0 Å². The Hall–Kier alpha value is -0.130. The highest BCUT2D eigenvalue weighted by Gasteiger charge is 2.08. The van der Waals surface area contributed by atoms with Crippen molar-refractivity contribution in [2.45, 2.75) is 39.5 Å². The van der Waals surface area contributed by atoms with Gasteiger partial charge in [-0.05, 0) is 12.3 Å². The zero-order chi connectivity index (χ0) is 10.3. The van der Waals surface area contributed by atoms with Gasteiger partial charge in [0.1, 0.15) is 0 Å². The first-order chi connectivity index (χ1) is 5.99. The Bertz CT molecular complexity index is 214. The molecule has 0 saturated carbocycles. The minimum absolute atomic E-state index is 0.415. The number of nitrogens with two attached hydrogens (primary N) is 1. The van der Waals surface area contributed by atoms with Gasteiger partial charge in [-0.2, -0.15) is 8.42 Å². The Kier molecular flexibility index (Phi) is 6.28. The molecule has 0 aromatic heterocycles. The quantitative estimate of drug-likeness (QED) is 0.655. The van der Waals surface area contributed by atoms with E-state index in [9.17, 15) is 8.42 Å². The molecule has 0 spiro atoms. The Balaban J connectivity index is 3.72. The number of hydrogen-bond donors (Lipinski definition) is 2. The second kappa shape index (κ2) is 6.34. The van der Waals surface area contributed by atoms with Crippen LogP contribution < -0.4 is 9.86 Å². The number of nitrogens with one attached hydrogen (secondary N) is 1. The van der Waals surface area contributed by atoms with Crippen LogP contribution in [-0.2, 0) is 10.2 Å². The van der Waals surface area contributed by atoms with Gasteiger partial charge in [0.05, 0.1) is 0 Å². The van der Waals surface area contributed by atoms with Gasteiger partial charge in [0, 0.05) is 6.54 Å². The van der Waals surface area contributed by atoms with Crippen molar-refractivity contribution < 1.29 is 8.42 Å². The molecule has 0 rings (SSSR count). The molecule has 0 amide bonds. The average molecular weight is 208 g/mol. The van der Waals surface area contributed by atoms with E-state index in [1.807, 2.05) is 0 Å². The summed E-state index contributed by atoms with van der Waals surface area (Å²) in [4.78, 5) is 0. The van der Waals surface area contributed by atoms with E-state index < -0.39 is 10.2 Å². The summed E-state index contributed by atoms with van der Waals surface area (Å²) in [6, 6.07) is 0. The third kappa shape index (κ3) is 8.21. The lowest BCUT2D eigenvalue weighted by Crippen LogP contribution is -2.34. The van der Waals surface area contributed by atoms with Gasteiger partial charge in [0.15, 0.2) is 0 Å². The van der Waals surface area contributed by atoms with Gasteiger partial charge in [-0.25, -0.2) is 9.86 Å². The monoisotopic (exact) mass is 208 g/mol. The molecule has 0 fully saturated rings. The molecule has 0 aromatic rings. The molecular formula is C8H20N2O2S. The third-order valence-corrected chi connectivity index (χ3v) is 2.69. The molecule has 0 heterocycles. The van der Waals surface area contributed by atoms with E-state index >= 15 is 0 Å². The van der Waals surface area contributed by atoms with Gasteiger partial charge in [-0.1, -0.05) is 33.1 Å². The van der Waals surface area contributed by atoms with Crippen LogP contribution in [0.2, 0.25) is 0 Å².